The van der Waals surface area contributed by atoms with E-state index in [9.17, 15) is 13.2 Å². The topological polar surface area (TPSA) is 101 Å². The van der Waals surface area contributed by atoms with E-state index in [1.165, 1.54) is 27.6 Å². The van der Waals surface area contributed by atoms with Gasteiger partial charge >= 0.3 is 0 Å². The highest BCUT2D eigenvalue weighted by Crippen LogP contribution is 2.45. The van der Waals surface area contributed by atoms with Gasteiger partial charge in [0.1, 0.15) is 21.9 Å². The zero-order chi connectivity index (χ0) is 26.6. The molecule has 0 saturated carbocycles. The Bertz CT molecular complexity index is 1240. The molecule has 0 spiro atoms. The van der Waals surface area contributed by atoms with Crippen molar-refractivity contribution in [3.05, 3.63) is 65.6 Å². The number of carbonyl (C=O) groups is 1. The van der Waals surface area contributed by atoms with E-state index < -0.39 is 21.5 Å². The first-order valence-corrected chi connectivity index (χ1v) is 14.1. The second-order valence-electron chi connectivity index (χ2n) is 9.41. The van der Waals surface area contributed by atoms with Crippen molar-refractivity contribution in [1.29, 1.82) is 0 Å². The van der Waals surface area contributed by atoms with Crippen LogP contribution < -0.4 is 14.2 Å². The molecule has 37 heavy (non-hydrogen) atoms. The first-order valence-electron chi connectivity index (χ1n) is 12.0. The van der Waals surface area contributed by atoms with Crippen molar-refractivity contribution in [2.45, 2.75) is 25.6 Å². The summed E-state index contributed by atoms with van der Waals surface area (Å²) < 4.78 is 52.4. The van der Waals surface area contributed by atoms with Crippen LogP contribution in [0.1, 0.15) is 28.8 Å². The van der Waals surface area contributed by atoms with Gasteiger partial charge in [-0.05, 0) is 30.5 Å². The highest BCUT2D eigenvalue weighted by Gasteiger charge is 2.47. The number of sulfone groups is 1. The van der Waals surface area contributed by atoms with Crippen LogP contribution in [-0.2, 0) is 25.7 Å². The Labute approximate surface area is 217 Å². The van der Waals surface area contributed by atoms with Gasteiger partial charge in [-0.2, -0.15) is 0 Å². The largest absolute Gasteiger partial charge is 0.493 e. The third-order valence-electron chi connectivity index (χ3n) is 6.86. The van der Waals surface area contributed by atoms with Gasteiger partial charge in [0.25, 0.3) is 5.91 Å². The Balaban J connectivity index is 1.56. The Morgan fingerprint density at radius 1 is 1.08 bits per heavy atom. The fourth-order valence-corrected chi connectivity index (χ4v) is 5.58. The van der Waals surface area contributed by atoms with Gasteiger partial charge < -0.3 is 28.6 Å². The third kappa shape index (κ3) is 5.95. The number of hydrogen-bond acceptors (Lipinski definition) is 8. The summed E-state index contributed by atoms with van der Waals surface area (Å²) in [4.78, 5) is 15.3. The summed E-state index contributed by atoms with van der Waals surface area (Å²) in [5.41, 5.74) is 0.774. The summed E-state index contributed by atoms with van der Waals surface area (Å²) in [6, 6.07) is 13.1. The summed E-state index contributed by atoms with van der Waals surface area (Å²) in [6.07, 6.45) is 3.71. The number of nitrogens with zero attached hydrogens (tertiary/aromatic N) is 1. The summed E-state index contributed by atoms with van der Waals surface area (Å²) in [6.45, 7) is 0.731. The lowest BCUT2D eigenvalue weighted by Crippen LogP contribution is -2.35. The number of amides is 1. The molecule has 2 aromatic carbocycles. The molecular formula is C27H33NO8S. The first-order chi connectivity index (χ1) is 17.7. The van der Waals surface area contributed by atoms with Gasteiger partial charge in [0.05, 0.1) is 32.5 Å². The number of carbonyl (C=O) groups excluding carboxylic acids is 1. The van der Waals surface area contributed by atoms with Gasteiger partial charge in [-0.3, -0.25) is 4.79 Å². The quantitative estimate of drug-likeness (QED) is 0.460. The minimum atomic E-state index is -3.23. The molecule has 2 aromatic rings. The van der Waals surface area contributed by atoms with E-state index in [0.29, 0.717) is 60.9 Å². The number of hydrogen-bond donors (Lipinski definition) is 0. The Kier molecular flexibility index (Phi) is 7.87. The van der Waals surface area contributed by atoms with Crippen LogP contribution in [0.25, 0.3) is 0 Å². The van der Waals surface area contributed by atoms with Crippen LogP contribution in [0.4, 0.5) is 0 Å². The number of benzene rings is 2. The Morgan fingerprint density at radius 2 is 1.76 bits per heavy atom. The average Bonchev–Trinajstić information content (AvgIpc) is 3.54. The van der Waals surface area contributed by atoms with Crippen molar-refractivity contribution in [1.82, 2.24) is 4.90 Å². The number of methoxy groups -OCH3 is 3. The normalized spacial score (nSPS) is 21.1. The van der Waals surface area contributed by atoms with Crippen molar-refractivity contribution in [2.75, 3.05) is 46.4 Å². The molecule has 0 aromatic heterocycles. The highest BCUT2D eigenvalue weighted by molar-refractivity contribution is 7.90. The molecule has 9 nitrogen and oxygen atoms in total. The molecule has 2 aliphatic heterocycles. The molecule has 2 atom stereocenters. The van der Waals surface area contributed by atoms with Crippen molar-refractivity contribution in [3.8, 4) is 17.2 Å². The Hall–Kier alpha value is -3.40. The molecule has 0 aliphatic carbocycles. The van der Waals surface area contributed by atoms with E-state index in [4.69, 9.17) is 23.7 Å². The predicted molar refractivity (Wildman–Crippen MR) is 138 cm³/mol. The maximum absolute atomic E-state index is 13.6. The van der Waals surface area contributed by atoms with Gasteiger partial charge in [-0.15, -0.1) is 0 Å². The van der Waals surface area contributed by atoms with Crippen molar-refractivity contribution >= 4 is 15.7 Å². The van der Waals surface area contributed by atoms with Crippen LogP contribution in [0.3, 0.4) is 0 Å². The second kappa shape index (κ2) is 10.9. The number of rotatable bonds is 10. The summed E-state index contributed by atoms with van der Waals surface area (Å²) in [7, 11) is 1.26. The van der Waals surface area contributed by atoms with Crippen LogP contribution in [0.15, 0.2) is 54.5 Å². The number of likely N-dealkylation sites (tertiary alicyclic amines) is 1. The maximum Gasteiger partial charge on any atom is 0.254 e. The molecule has 10 heteroatoms. The van der Waals surface area contributed by atoms with Crippen LogP contribution in [0, 0.1) is 5.41 Å². The monoisotopic (exact) mass is 531 g/mol. The molecule has 0 radical (unpaired) electrons. The first kappa shape index (κ1) is 26.7. The fourth-order valence-electron chi connectivity index (χ4n) is 4.82. The molecule has 0 bridgehead atoms. The average molecular weight is 532 g/mol. The molecule has 1 amide bonds. The SMILES string of the molecule is COc1cc(C(=O)N2CCC(CCS(C)(=O)=O)(C3=COC(Cc4ccccc4)O3)C2)cc(OC)c1OC. The minimum Gasteiger partial charge on any atom is -0.493 e. The van der Waals surface area contributed by atoms with Gasteiger partial charge in [-0.25, -0.2) is 8.42 Å². The zero-order valence-electron chi connectivity index (χ0n) is 21.6. The third-order valence-corrected chi connectivity index (χ3v) is 7.80. The van der Waals surface area contributed by atoms with Crippen LogP contribution in [0.5, 0.6) is 17.2 Å². The molecule has 2 unspecified atom stereocenters. The molecule has 1 saturated heterocycles. The number of ether oxygens (including phenoxy) is 5. The maximum atomic E-state index is 13.6. The summed E-state index contributed by atoms with van der Waals surface area (Å²) >= 11 is 0. The fraction of sp³-hybridized carbons (Fsp3) is 0.444. The van der Waals surface area contributed by atoms with Crippen molar-refractivity contribution in [2.24, 2.45) is 5.41 Å². The van der Waals surface area contributed by atoms with Crippen molar-refractivity contribution < 1.29 is 36.9 Å². The molecule has 1 fully saturated rings. The van der Waals surface area contributed by atoms with Crippen LogP contribution in [-0.4, -0.2) is 71.9 Å². The predicted octanol–water partition coefficient (Wildman–Crippen LogP) is 3.44. The molecular weight excluding hydrogens is 498 g/mol. The smallest absolute Gasteiger partial charge is 0.254 e. The lowest BCUT2D eigenvalue weighted by molar-refractivity contribution is -0.0440. The molecule has 4 rings (SSSR count). The van der Waals surface area contributed by atoms with Crippen LogP contribution >= 0.6 is 0 Å². The van der Waals surface area contributed by atoms with Gasteiger partial charge in [0.15, 0.2) is 11.5 Å². The zero-order valence-corrected chi connectivity index (χ0v) is 22.4. The van der Waals surface area contributed by atoms with E-state index in [0.717, 1.165) is 5.56 Å². The molecule has 2 heterocycles. The highest BCUT2D eigenvalue weighted by atomic mass is 32.2. The second-order valence-corrected chi connectivity index (χ2v) is 11.7. The summed E-state index contributed by atoms with van der Waals surface area (Å²) in [5, 5.41) is 0. The lowest BCUT2D eigenvalue weighted by Gasteiger charge is -2.29. The molecule has 2 aliphatic rings. The van der Waals surface area contributed by atoms with E-state index in [-0.39, 0.29) is 11.7 Å². The van der Waals surface area contributed by atoms with E-state index in [2.05, 4.69) is 0 Å². The van der Waals surface area contributed by atoms with E-state index in [1.807, 2.05) is 30.3 Å². The van der Waals surface area contributed by atoms with Gasteiger partial charge in [0, 0.05) is 31.3 Å². The van der Waals surface area contributed by atoms with E-state index in [1.54, 1.807) is 23.3 Å². The lowest BCUT2D eigenvalue weighted by atomic mass is 9.82. The van der Waals surface area contributed by atoms with Gasteiger partial charge in [0.2, 0.25) is 12.0 Å². The van der Waals surface area contributed by atoms with E-state index >= 15 is 0 Å². The standard InChI is InChI=1S/C27H33NO8S/c1-32-21-15-20(16-22(33-2)25(21)34-3)26(29)28-12-10-27(18-28,11-13-37(4,30)31)23-17-35-24(36-23)14-19-8-6-5-7-9-19/h5-9,15-17,24H,10-14,18H2,1-4H3. The Morgan fingerprint density at radius 3 is 2.35 bits per heavy atom. The minimum absolute atomic E-state index is 0.0245. The van der Waals surface area contributed by atoms with Crippen LogP contribution in [0.2, 0.25) is 0 Å². The van der Waals surface area contributed by atoms with Crippen molar-refractivity contribution in [3.63, 3.8) is 0 Å². The molecule has 0 N–H and O–H groups in total. The summed E-state index contributed by atoms with van der Waals surface area (Å²) in [5.74, 6) is 1.50. The van der Waals surface area contributed by atoms with Gasteiger partial charge in [-0.1, -0.05) is 30.3 Å². The molecule has 200 valence electrons.